The molecule has 5 heteroatoms. The molecule has 2 aromatic rings. The van der Waals surface area contributed by atoms with Gasteiger partial charge in [0, 0.05) is 18.1 Å². The first-order chi connectivity index (χ1) is 9.89. The van der Waals surface area contributed by atoms with Crippen molar-refractivity contribution in [3.05, 3.63) is 36.0 Å². The lowest BCUT2D eigenvalue weighted by Crippen LogP contribution is -2.32. The third kappa shape index (κ3) is 4.08. The lowest BCUT2D eigenvalue weighted by molar-refractivity contribution is 0.0523. The van der Waals surface area contributed by atoms with Crippen LogP contribution >= 0.6 is 0 Å². The number of benzene rings is 1. The summed E-state index contributed by atoms with van der Waals surface area (Å²) in [6.45, 7) is 5.86. The number of amides is 1. The van der Waals surface area contributed by atoms with E-state index < -0.39 is 11.7 Å². The Morgan fingerprint density at radius 3 is 2.76 bits per heavy atom. The second-order valence-corrected chi connectivity index (χ2v) is 5.73. The van der Waals surface area contributed by atoms with Crippen LogP contribution in [0, 0.1) is 0 Å². The van der Waals surface area contributed by atoms with E-state index in [2.05, 4.69) is 10.3 Å². The molecule has 0 saturated carbocycles. The fraction of sp³-hybridized carbons (Fsp3) is 0.375. The number of aromatic nitrogens is 1. The van der Waals surface area contributed by atoms with Gasteiger partial charge in [-0.1, -0.05) is 6.07 Å². The maximum Gasteiger partial charge on any atom is 0.407 e. The van der Waals surface area contributed by atoms with Gasteiger partial charge in [0.2, 0.25) is 0 Å². The zero-order valence-corrected chi connectivity index (χ0v) is 12.8. The monoisotopic (exact) mass is 288 g/mol. The van der Waals surface area contributed by atoms with E-state index in [1.165, 1.54) is 0 Å². The summed E-state index contributed by atoms with van der Waals surface area (Å²) in [5.74, 6) is 0.689. The van der Waals surface area contributed by atoms with Gasteiger partial charge in [0.05, 0.1) is 7.11 Å². The highest BCUT2D eigenvalue weighted by molar-refractivity contribution is 5.85. The van der Waals surface area contributed by atoms with Crippen LogP contribution in [-0.2, 0) is 11.3 Å². The molecule has 112 valence electrons. The van der Waals surface area contributed by atoms with Crippen molar-refractivity contribution in [2.75, 3.05) is 7.11 Å². The fourth-order valence-corrected chi connectivity index (χ4v) is 1.96. The molecule has 0 aliphatic heterocycles. The number of alkyl carbamates (subject to hydrolysis) is 1. The van der Waals surface area contributed by atoms with E-state index >= 15 is 0 Å². The number of carbonyl (C=O) groups is 1. The first-order valence-corrected chi connectivity index (χ1v) is 6.77. The maximum absolute atomic E-state index is 11.7. The average molecular weight is 288 g/mol. The summed E-state index contributed by atoms with van der Waals surface area (Å²) in [5.41, 5.74) is 1.23. The average Bonchev–Trinajstić information content (AvgIpc) is 2.42. The molecule has 0 unspecified atom stereocenters. The van der Waals surface area contributed by atoms with Gasteiger partial charge < -0.3 is 14.8 Å². The Morgan fingerprint density at radius 1 is 1.33 bits per heavy atom. The number of hydrogen-bond acceptors (Lipinski definition) is 4. The summed E-state index contributed by atoms with van der Waals surface area (Å²) in [6.07, 6.45) is 1.29. The molecular formula is C16H20N2O3. The molecule has 1 aromatic carbocycles. The minimum atomic E-state index is -0.505. The number of ether oxygens (including phenoxy) is 2. The van der Waals surface area contributed by atoms with Gasteiger partial charge >= 0.3 is 6.09 Å². The SMILES string of the molecule is COc1cc(CNC(=O)OC(C)(C)C)cc2cccnc12. The maximum atomic E-state index is 11.7. The zero-order chi connectivity index (χ0) is 15.5. The predicted molar refractivity (Wildman–Crippen MR) is 81.4 cm³/mol. The van der Waals surface area contributed by atoms with E-state index in [9.17, 15) is 4.79 Å². The standard InChI is InChI=1S/C16H20N2O3/c1-16(2,3)21-15(19)18-10-11-8-12-6-5-7-17-14(12)13(9-11)20-4/h5-9H,10H2,1-4H3,(H,18,19). The van der Waals surface area contributed by atoms with E-state index in [1.54, 1.807) is 13.3 Å². The molecule has 0 bridgehead atoms. The van der Waals surface area contributed by atoms with Gasteiger partial charge in [-0.05, 0) is 44.5 Å². The Balaban J connectivity index is 2.14. The van der Waals surface area contributed by atoms with E-state index in [0.717, 1.165) is 16.5 Å². The first-order valence-electron chi connectivity index (χ1n) is 6.77. The van der Waals surface area contributed by atoms with Crippen LogP contribution in [0.2, 0.25) is 0 Å². The number of nitrogens with one attached hydrogen (secondary N) is 1. The molecule has 0 aliphatic rings. The van der Waals surface area contributed by atoms with Crippen molar-refractivity contribution in [1.82, 2.24) is 10.3 Å². The Kier molecular flexibility index (Phi) is 4.31. The number of methoxy groups -OCH3 is 1. The molecule has 0 aliphatic carbocycles. The summed E-state index contributed by atoms with van der Waals surface area (Å²) in [4.78, 5) is 16.0. The molecular weight excluding hydrogens is 268 g/mol. The highest BCUT2D eigenvalue weighted by atomic mass is 16.6. The quantitative estimate of drug-likeness (QED) is 0.941. The van der Waals surface area contributed by atoms with Gasteiger partial charge in [0.15, 0.2) is 0 Å². The summed E-state index contributed by atoms with van der Waals surface area (Å²) in [5, 5.41) is 3.70. The van der Waals surface area contributed by atoms with E-state index in [0.29, 0.717) is 12.3 Å². The van der Waals surface area contributed by atoms with Crippen LogP contribution in [0.4, 0.5) is 4.79 Å². The number of nitrogens with zero attached hydrogens (tertiary/aromatic N) is 1. The molecule has 5 nitrogen and oxygen atoms in total. The number of pyridine rings is 1. The third-order valence-corrected chi connectivity index (χ3v) is 2.79. The Labute approximate surface area is 124 Å². The van der Waals surface area contributed by atoms with Crippen LogP contribution in [-0.4, -0.2) is 23.8 Å². The van der Waals surface area contributed by atoms with Crippen molar-refractivity contribution in [1.29, 1.82) is 0 Å². The topological polar surface area (TPSA) is 60.5 Å². The largest absolute Gasteiger partial charge is 0.494 e. The lowest BCUT2D eigenvalue weighted by Gasteiger charge is -2.19. The van der Waals surface area contributed by atoms with Crippen LogP contribution in [0.15, 0.2) is 30.5 Å². The fourth-order valence-electron chi connectivity index (χ4n) is 1.96. The Hall–Kier alpha value is -2.30. The number of hydrogen-bond donors (Lipinski definition) is 1. The van der Waals surface area contributed by atoms with E-state index in [-0.39, 0.29) is 0 Å². The molecule has 0 radical (unpaired) electrons. The molecule has 0 spiro atoms. The summed E-state index contributed by atoms with van der Waals surface area (Å²) >= 11 is 0. The molecule has 2 rings (SSSR count). The molecule has 1 aromatic heterocycles. The van der Waals surface area contributed by atoms with Crippen LogP contribution in [0.1, 0.15) is 26.3 Å². The summed E-state index contributed by atoms with van der Waals surface area (Å²) < 4.78 is 10.6. The third-order valence-electron chi connectivity index (χ3n) is 2.79. The second-order valence-electron chi connectivity index (χ2n) is 5.73. The number of rotatable bonds is 3. The van der Waals surface area contributed by atoms with Crippen molar-refractivity contribution < 1.29 is 14.3 Å². The predicted octanol–water partition coefficient (Wildman–Crippen LogP) is 3.27. The molecule has 21 heavy (non-hydrogen) atoms. The number of fused-ring (bicyclic) bond motifs is 1. The Morgan fingerprint density at radius 2 is 2.10 bits per heavy atom. The van der Waals surface area contributed by atoms with E-state index in [4.69, 9.17) is 9.47 Å². The smallest absolute Gasteiger partial charge is 0.407 e. The van der Waals surface area contributed by atoms with Gasteiger partial charge in [-0.15, -0.1) is 0 Å². The molecule has 0 atom stereocenters. The van der Waals surface area contributed by atoms with Crippen LogP contribution < -0.4 is 10.1 Å². The molecule has 0 saturated heterocycles. The molecule has 1 N–H and O–H groups in total. The van der Waals surface area contributed by atoms with Crippen molar-refractivity contribution in [3.63, 3.8) is 0 Å². The van der Waals surface area contributed by atoms with Gasteiger partial charge in [0.25, 0.3) is 0 Å². The minimum absolute atomic E-state index is 0.371. The van der Waals surface area contributed by atoms with Crippen molar-refractivity contribution in [3.8, 4) is 5.75 Å². The van der Waals surface area contributed by atoms with E-state index in [1.807, 2.05) is 45.0 Å². The van der Waals surface area contributed by atoms with Crippen LogP contribution in [0.25, 0.3) is 10.9 Å². The second kappa shape index (κ2) is 5.99. The zero-order valence-electron chi connectivity index (χ0n) is 12.8. The van der Waals surface area contributed by atoms with Gasteiger partial charge in [-0.3, -0.25) is 4.98 Å². The highest BCUT2D eigenvalue weighted by Crippen LogP contribution is 2.25. The number of carbonyl (C=O) groups excluding carboxylic acids is 1. The summed E-state index contributed by atoms with van der Waals surface area (Å²) in [6, 6.07) is 7.67. The lowest BCUT2D eigenvalue weighted by atomic mass is 10.1. The summed E-state index contributed by atoms with van der Waals surface area (Å²) in [7, 11) is 1.61. The molecule has 1 amide bonds. The van der Waals surface area contributed by atoms with Gasteiger partial charge in [0.1, 0.15) is 16.9 Å². The van der Waals surface area contributed by atoms with Crippen LogP contribution in [0.3, 0.4) is 0 Å². The van der Waals surface area contributed by atoms with Crippen LogP contribution in [0.5, 0.6) is 5.75 Å². The first kappa shape index (κ1) is 15.1. The van der Waals surface area contributed by atoms with Gasteiger partial charge in [-0.2, -0.15) is 0 Å². The molecule has 0 fully saturated rings. The van der Waals surface area contributed by atoms with Crippen molar-refractivity contribution in [2.45, 2.75) is 32.9 Å². The van der Waals surface area contributed by atoms with Crippen molar-refractivity contribution >= 4 is 17.0 Å². The molecule has 1 heterocycles. The van der Waals surface area contributed by atoms with Crippen molar-refractivity contribution in [2.24, 2.45) is 0 Å². The normalized spacial score (nSPS) is 11.2. The highest BCUT2D eigenvalue weighted by Gasteiger charge is 2.16. The van der Waals surface area contributed by atoms with Gasteiger partial charge in [-0.25, -0.2) is 4.79 Å². The minimum Gasteiger partial charge on any atom is -0.494 e. The Bertz CT molecular complexity index is 648.